The number of aryl methyl sites for hydroxylation is 1. The van der Waals surface area contributed by atoms with Gasteiger partial charge in [0.2, 0.25) is 5.78 Å². The number of carbonyl (C=O) groups is 1. The third-order valence-corrected chi connectivity index (χ3v) is 3.27. The average Bonchev–Trinajstić information content (AvgIpc) is 2.88. The summed E-state index contributed by atoms with van der Waals surface area (Å²) in [7, 11) is 0. The van der Waals surface area contributed by atoms with E-state index in [0.29, 0.717) is 10.6 Å². The standard InChI is InChI=1S/C12H9ClO2S/c1-8-4-5-11(16-8)12(14)10(13)7-9-3-2-6-15-9/h2-7H,1H3/b10-7-. The summed E-state index contributed by atoms with van der Waals surface area (Å²) in [5.74, 6) is 0.405. The lowest BCUT2D eigenvalue weighted by atomic mass is 10.2. The molecule has 2 rings (SSSR count). The van der Waals surface area contributed by atoms with E-state index in [1.54, 1.807) is 18.2 Å². The molecule has 0 aliphatic heterocycles. The highest BCUT2D eigenvalue weighted by molar-refractivity contribution is 7.14. The summed E-state index contributed by atoms with van der Waals surface area (Å²) in [5.41, 5.74) is 0. The van der Waals surface area contributed by atoms with E-state index in [4.69, 9.17) is 16.0 Å². The van der Waals surface area contributed by atoms with Gasteiger partial charge in [-0.1, -0.05) is 11.6 Å². The van der Waals surface area contributed by atoms with Gasteiger partial charge in [0.05, 0.1) is 16.2 Å². The highest BCUT2D eigenvalue weighted by Gasteiger charge is 2.12. The Morgan fingerprint density at radius 2 is 2.25 bits per heavy atom. The van der Waals surface area contributed by atoms with Gasteiger partial charge in [-0.25, -0.2) is 0 Å². The van der Waals surface area contributed by atoms with Crippen molar-refractivity contribution >= 4 is 34.8 Å². The summed E-state index contributed by atoms with van der Waals surface area (Å²) < 4.78 is 5.09. The van der Waals surface area contributed by atoms with E-state index in [-0.39, 0.29) is 10.8 Å². The Kier molecular flexibility index (Phi) is 3.27. The van der Waals surface area contributed by atoms with Crippen LogP contribution in [0.3, 0.4) is 0 Å². The van der Waals surface area contributed by atoms with Gasteiger partial charge in [0, 0.05) is 11.0 Å². The molecule has 0 saturated carbocycles. The zero-order chi connectivity index (χ0) is 11.5. The lowest BCUT2D eigenvalue weighted by Gasteiger charge is -1.94. The largest absolute Gasteiger partial charge is 0.465 e. The van der Waals surface area contributed by atoms with Crippen molar-refractivity contribution in [1.29, 1.82) is 0 Å². The molecule has 0 unspecified atom stereocenters. The SMILES string of the molecule is Cc1ccc(C(=O)/C(Cl)=C/c2ccco2)s1. The van der Waals surface area contributed by atoms with Crippen LogP contribution in [-0.2, 0) is 0 Å². The molecule has 0 aliphatic rings. The van der Waals surface area contributed by atoms with E-state index in [0.717, 1.165) is 4.88 Å². The number of hydrogen-bond acceptors (Lipinski definition) is 3. The zero-order valence-electron chi connectivity index (χ0n) is 8.57. The maximum Gasteiger partial charge on any atom is 0.214 e. The van der Waals surface area contributed by atoms with Gasteiger partial charge >= 0.3 is 0 Å². The van der Waals surface area contributed by atoms with E-state index < -0.39 is 0 Å². The Labute approximate surface area is 102 Å². The number of furan rings is 1. The molecule has 0 saturated heterocycles. The minimum absolute atomic E-state index is 0.164. The van der Waals surface area contributed by atoms with Crippen LogP contribution in [0.5, 0.6) is 0 Å². The first-order valence-electron chi connectivity index (χ1n) is 4.68. The zero-order valence-corrected chi connectivity index (χ0v) is 10.1. The predicted molar refractivity (Wildman–Crippen MR) is 65.9 cm³/mol. The maximum atomic E-state index is 11.9. The second-order valence-corrected chi connectivity index (χ2v) is 4.94. The smallest absolute Gasteiger partial charge is 0.214 e. The van der Waals surface area contributed by atoms with Gasteiger partial charge in [0.25, 0.3) is 0 Å². The molecule has 0 aromatic carbocycles. The van der Waals surface area contributed by atoms with Crippen LogP contribution in [0.1, 0.15) is 20.3 Å². The van der Waals surface area contributed by atoms with E-state index in [9.17, 15) is 4.79 Å². The van der Waals surface area contributed by atoms with Crippen LogP contribution in [0.2, 0.25) is 0 Å². The molecule has 0 amide bonds. The Morgan fingerprint density at radius 1 is 1.44 bits per heavy atom. The fourth-order valence-electron chi connectivity index (χ4n) is 1.24. The van der Waals surface area contributed by atoms with Gasteiger partial charge in [-0.2, -0.15) is 0 Å². The fraction of sp³-hybridized carbons (Fsp3) is 0.0833. The summed E-state index contributed by atoms with van der Waals surface area (Å²) in [6.45, 7) is 1.95. The Balaban J connectivity index is 2.22. The first kappa shape index (κ1) is 11.2. The normalized spacial score (nSPS) is 11.8. The molecule has 4 heteroatoms. The third-order valence-electron chi connectivity index (χ3n) is 1.99. The van der Waals surface area contributed by atoms with Crippen molar-refractivity contribution in [3.05, 3.63) is 51.1 Å². The first-order valence-corrected chi connectivity index (χ1v) is 5.88. The number of halogens is 1. The molecule has 2 aromatic heterocycles. The monoisotopic (exact) mass is 252 g/mol. The first-order chi connectivity index (χ1) is 7.66. The average molecular weight is 253 g/mol. The van der Waals surface area contributed by atoms with Crippen molar-refractivity contribution in [2.24, 2.45) is 0 Å². The topological polar surface area (TPSA) is 30.2 Å². The highest BCUT2D eigenvalue weighted by Crippen LogP contribution is 2.22. The van der Waals surface area contributed by atoms with Gasteiger partial charge < -0.3 is 4.42 Å². The van der Waals surface area contributed by atoms with Gasteiger partial charge in [-0.05, 0) is 31.2 Å². The van der Waals surface area contributed by atoms with Gasteiger partial charge in [-0.3, -0.25) is 4.79 Å². The van der Waals surface area contributed by atoms with Gasteiger partial charge in [0.15, 0.2) is 0 Å². The van der Waals surface area contributed by atoms with Crippen LogP contribution in [0.15, 0.2) is 40.0 Å². The fourth-order valence-corrected chi connectivity index (χ4v) is 2.33. The van der Waals surface area contributed by atoms with Crippen LogP contribution in [0, 0.1) is 6.92 Å². The van der Waals surface area contributed by atoms with Crippen molar-refractivity contribution in [3.63, 3.8) is 0 Å². The van der Waals surface area contributed by atoms with Crippen LogP contribution in [0.25, 0.3) is 6.08 Å². The van der Waals surface area contributed by atoms with Crippen LogP contribution in [0.4, 0.5) is 0 Å². The van der Waals surface area contributed by atoms with E-state index in [1.807, 2.05) is 13.0 Å². The summed E-state index contributed by atoms with van der Waals surface area (Å²) in [6, 6.07) is 7.17. The quantitative estimate of drug-likeness (QED) is 0.608. The molecule has 0 radical (unpaired) electrons. The van der Waals surface area contributed by atoms with Gasteiger partial charge in [-0.15, -0.1) is 11.3 Å². The molecule has 82 valence electrons. The molecule has 16 heavy (non-hydrogen) atoms. The van der Waals surface area contributed by atoms with Crippen molar-refractivity contribution in [2.45, 2.75) is 6.92 Å². The van der Waals surface area contributed by atoms with E-state index >= 15 is 0 Å². The molecule has 0 atom stereocenters. The van der Waals surface area contributed by atoms with Crippen LogP contribution in [-0.4, -0.2) is 5.78 Å². The second kappa shape index (κ2) is 4.68. The molecule has 0 N–H and O–H groups in total. The van der Waals surface area contributed by atoms with E-state index in [2.05, 4.69) is 0 Å². The van der Waals surface area contributed by atoms with Crippen molar-refractivity contribution < 1.29 is 9.21 Å². The van der Waals surface area contributed by atoms with Gasteiger partial charge in [0.1, 0.15) is 5.76 Å². The maximum absolute atomic E-state index is 11.9. The molecule has 0 bridgehead atoms. The number of hydrogen-bond donors (Lipinski definition) is 0. The predicted octanol–water partition coefficient (Wildman–Crippen LogP) is 4.11. The van der Waals surface area contributed by atoms with Crippen molar-refractivity contribution in [3.8, 4) is 0 Å². The lowest BCUT2D eigenvalue weighted by molar-refractivity contribution is 0.104. The number of Topliss-reactive ketones (excluding diaryl/α,β-unsaturated/α-hetero) is 1. The molecular formula is C12H9ClO2S. The lowest BCUT2D eigenvalue weighted by Crippen LogP contribution is -1.94. The van der Waals surface area contributed by atoms with Crippen LogP contribution < -0.4 is 0 Å². The van der Waals surface area contributed by atoms with E-state index in [1.165, 1.54) is 23.7 Å². The number of rotatable bonds is 3. The highest BCUT2D eigenvalue weighted by atomic mass is 35.5. The Bertz CT molecular complexity index is 523. The summed E-state index contributed by atoms with van der Waals surface area (Å²) in [4.78, 5) is 13.6. The number of ketones is 1. The van der Waals surface area contributed by atoms with Crippen LogP contribution >= 0.6 is 22.9 Å². The molecule has 2 aromatic rings. The summed E-state index contributed by atoms with van der Waals surface area (Å²) in [6.07, 6.45) is 3.06. The molecule has 2 nitrogen and oxygen atoms in total. The molecule has 0 fully saturated rings. The number of carbonyl (C=O) groups excluding carboxylic acids is 1. The minimum Gasteiger partial charge on any atom is -0.465 e. The third kappa shape index (κ3) is 2.43. The molecule has 0 spiro atoms. The minimum atomic E-state index is -0.170. The second-order valence-electron chi connectivity index (χ2n) is 3.25. The molecule has 2 heterocycles. The molecular weight excluding hydrogens is 244 g/mol. The Morgan fingerprint density at radius 3 is 2.81 bits per heavy atom. The van der Waals surface area contributed by atoms with Crippen molar-refractivity contribution in [2.75, 3.05) is 0 Å². The Hall–Kier alpha value is -1.32. The molecule has 0 aliphatic carbocycles. The summed E-state index contributed by atoms with van der Waals surface area (Å²) >= 11 is 7.36. The number of thiophene rings is 1. The number of allylic oxidation sites excluding steroid dienone is 1. The summed E-state index contributed by atoms with van der Waals surface area (Å²) in [5, 5.41) is 0.164. The van der Waals surface area contributed by atoms with Crippen molar-refractivity contribution in [1.82, 2.24) is 0 Å².